The molecule has 0 saturated carbocycles. The van der Waals surface area contributed by atoms with Crippen molar-refractivity contribution in [1.82, 2.24) is 15.0 Å². The van der Waals surface area contributed by atoms with Crippen molar-refractivity contribution in [3.05, 3.63) is 107 Å². The van der Waals surface area contributed by atoms with E-state index in [1.54, 1.807) is 24.7 Å². The first-order valence-corrected chi connectivity index (χ1v) is 14.0. The molecule has 42 heavy (non-hydrogen) atoms. The molecule has 1 aliphatic heterocycles. The quantitative estimate of drug-likeness (QED) is 0.124. The molecule has 11 heteroatoms. The fourth-order valence-electron chi connectivity index (χ4n) is 5.02. The van der Waals surface area contributed by atoms with E-state index in [0.717, 1.165) is 17.5 Å². The van der Waals surface area contributed by atoms with Crippen molar-refractivity contribution in [2.24, 2.45) is 11.6 Å². The number of aromatic nitrogens is 2. The molecule has 2 aromatic heterocycles. The summed E-state index contributed by atoms with van der Waals surface area (Å²) in [6, 6.07) is 19.2. The molecular formula is C31H33ClN8O2. The number of hydrogen-bond acceptors (Lipinski definition) is 10. The van der Waals surface area contributed by atoms with Gasteiger partial charge in [0.05, 0.1) is 59.3 Å². The van der Waals surface area contributed by atoms with Crippen LogP contribution >= 0.6 is 11.6 Å². The van der Waals surface area contributed by atoms with Crippen molar-refractivity contribution in [1.29, 1.82) is 5.26 Å². The molecule has 0 radical (unpaired) electrons. The molecule has 0 bridgehead atoms. The highest BCUT2D eigenvalue weighted by atomic mass is 35.5. The summed E-state index contributed by atoms with van der Waals surface area (Å²) in [6.45, 7) is 2.68. The molecular weight excluding hydrogens is 552 g/mol. The molecule has 0 aliphatic carbocycles. The molecule has 5 rings (SSSR count). The number of fused-ring (bicyclic) bond motifs is 1. The van der Waals surface area contributed by atoms with Crippen LogP contribution < -0.4 is 22.2 Å². The van der Waals surface area contributed by atoms with Gasteiger partial charge < -0.3 is 31.2 Å². The second-order valence-electron chi connectivity index (χ2n) is 10.4. The van der Waals surface area contributed by atoms with Crippen LogP contribution in [-0.2, 0) is 4.74 Å². The Morgan fingerprint density at radius 2 is 1.95 bits per heavy atom. The summed E-state index contributed by atoms with van der Waals surface area (Å²) in [5.41, 5.74) is 10.1. The van der Waals surface area contributed by atoms with Crippen molar-refractivity contribution < 1.29 is 9.84 Å². The highest BCUT2D eigenvalue weighted by Crippen LogP contribution is 2.37. The SMILES string of the molecule is CCC(Nc1c(C#N)cnc2c(Cl)cc(NC(/C(N)=C/N(N)CC3(O)COC3)c3cccnc3)cc12)c1ccccc1. The maximum Gasteiger partial charge on any atom is 0.130 e. The van der Waals surface area contributed by atoms with Crippen LogP contribution in [-0.4, -0.2) is 45.4 Å². The van der Waals surface area contributed by atoms with Crippen LogP contribution in [0.25, 0.3) is 10.9 Å². The highest BCUT2D eigenvalue weighted by molar-refractivity contribution is 6.35. The second kappa shape index (κ2) is 12.6. The summed E-state index contributed by atoms with van der Waals surface area (Å²) in [4.78, 5) is 8.75. The molecule has 2 unspecified atom stereocenters. The van der Waals surface area contributed by atoms with Gasteiger partial charge in [-0.15, -0.1) is 0 Å². The molecule has 0 amide bonds. The predicted octanol–water partition coefficient (Wildman–Crippen LogP) is 4.61. The number of nitrogens with one attached hydrogen (secondary N) is 2. The van der Waals surface area contributed by atoms with Crippen molar-refractivity contribution in [3.63, 3.8) is 0 Å². The van der Waals surface area contributed by atoms with Crippen molar-refractivity contribution in [3.8, 4) is 6.07 Å². The number of anilines is 2. The summed E-state index contributed by atoms with van der Waals surface area (Å²) in [5, 5.41) is 29.9. The van der Waals surface area contributed by atoms with Crippen molar-refractivity contribution in [2.45, 2.75) is 31.0 Å². The molecule has 4 aromatic rings. The highest BCUT2D eigenvalue weighted by Gasteiger charge is 2.37. The minimum absolute atomic E-state index is 0.0348. The first kappa shape index (κ1) is 29.1. The summed E-state index contributed by atoms with van der Waals surface area (Å²) < 4.78 is 5.12. The molecule has 2 atom stereocenters. The standard InChI is InChI=1S/C31H33ClN8O2/c1-2-27(20-7-4-3-5-8-20)39-28-22(13-33)15-37-30-24(28)11-23(12-25(30)32)38-29(21-9-6-10-36-14-21)26(34)16-40(35)17-31(41)18-42-19-31/h3-12,14-16,27,29,38,41H,2,17-19,34-35H2,1H3,(H,37,39)/b26-16-. The molecule has 0 spiro atoms. The number of ether oxygens (including phenoxy) is 1. The van der Waals surface area contributed by atoms with Crippen molar-refractivity contribution >= 4 is 33.9 Å². The Hall–Kier alpha value is -4.40. The summed E-state index contributed by atoms with van der Waals surface area (Å²) in [6.07, 6.45) is 7.31. The number of pyridine rings is 2. The Morgan fingerprint density at radius 3 is 2.60 bits per heavy atom. The van der Waals surface area contributed by atoms with E-state index in [-0.39, 0.29) is 25.8 Å². The van der Waals surface area contributed by atoms with E-state index in [1.807, 2.05) is 36.4 Å². The van der Waals surface area contributed by atoms with Gasteiger partial charge in [-0.2, -0.15) is 5.26 Å². The maximum absolute atomic E-state index is 10.4. The number of rotatable bonds is 11. The van der Waals surface area contributed by atoms with Crippen LogP contribution in [0.15, 0.2) is 85.1 Å². The van der Waals surface area contributed by atoms with Crippen molar-refractivity contribution in [2.75, 3.05) is 30.4 Å². The Labute approximate surface area is 249 Å². The number of hydrogen-bond donors (Lipinski definition) is 5. The lowest BCUT2D eigenvalue weighted by Crippen LogP contribution is -2.57. The molecule has 2 aromatic carbocycles. The van der Waals surface area contributed by atoms with E-state index in [2.05, 4.69) is 45.7 Å². The van der Waals surface area contributed by atoms with Gasteiger partial charge in [0.2, 0.25) is 0 Å². The van der Waals surface area contributed by atoms with E-state index in [4.69, 9.17) is 27.9 Å². The second-order valence-corrected chi connectivity index (χ2v) is 10.8. The fraction of sp³-hybridized carbons (Fsp3) is 0.258. The van der Waals surface area contributed by atoms with E-state index in [0.29, 0.717) is 38.6 Å². The first-order chi connectivity index (χ1) is 20.3. The number of nitrogens with zero attached hydrogens (tertiary/aromatic N) is 4. The zero-order valence-electron chi connectivity index (χ0n) is 23.2. The zero-order chi connectivity index (χ0) is 29.7. The molecule has 3 heterocycles. The lowest BCUT2D eigenvalue weighted by Gasteiger charge is -2.38. The Morgan fingerprint density at radius 1 is 1.19 bits per heavy atom. The lowest BCUT2D eigenvalue weighted by atomic mass is 10.0. The monoisotopic (exact) mass is 584 g/mol. The van der Waals surface area contributed by atoms with Gasteiger partial charge in [0.25, 0.3) is 0 Å². The Kier molecular flexibility index (Phi) is 8.75. The smallest absolute Gasteiger partial charge is 0.130 e. The van der Waals surface area contributed by atoms with Gasteiger partial charge in [-0.05, 0) is 35.7 Å². The third-order valence-corrected chi connectivity index (χ3v) is 7.46. The Bertz CT molecular complexity index is 1610. The maximum atomic E-state index is 10.4. The normalized spacial score (nSPS) is 15.7. The minimum atomic E-state index is -1.01. The minimum Gasteiger partial charge on any atom is -0.399 e. The molecule has 216 valence electrons. The van der Waals surface area contributed by atoms with E-state index >= 15 is 0 Å². The molecule has 7 N–H and O–H groups in total. The molecule has 10 nitrogen and oxygen atoms in total. The van der Waals surface area contributed by atoms with Gasteiger partial charge >= 0.3 is 0 Å². The summed E-state index contributed by atoms with van der Waals surface area (Å²) in [5.74, 6) is 6.19. The van der Waals surface area contributed by atoms with Gasteiger partial charge in [-0.1, -0.05) is 54.9 Å². The lowest BCUT2D eigenvalue weighted by molar-refractivity contribution is -0.184. The Balaban J connectivity index is 1.53. The fourth-order valence-corrected chi connectivity index (χ4v) is 5.28. The summed E-state index contributed by atoms with van der Waals surface area (Å²) in [7, 11) is 0. The number of hydrazine groups is 1. The number of nitriles is 1. The molecule has 1 fully saturated rings. The number of aliphatic hydroxyl groups is 1. The van der Waals surface area contributed by atoms with E-state index in [1.165, 1.54) is 11.2 Å². The van der Waals surface area contributed by atoms with Crippen LogP contribution in [0, 0.1) is 11.3 Å². The van der Waals surface area contributed by atoms with E-state index < -0.39 is 11.6 Å². The molecule has 1 aliphatic rings. The molecule has 1 saturated heterocycles. The van der Waals surface area contributed by atoms with Crippen LogP contribution in [0.2, 0.25) is 5.02 Å². The van der Waals surface area contributed by atoms with Gasteiger partial charge in [0.1, 0.15) is 11.7 Å². The number of benzene rings is 2. The van der Waals surface area contributed by atoms with E-state index in [9.17, 15) is 10.4 Å². The third-order valence-electron chi connectivity index (χ3n) is 7.17. The van der Waals surface area contributed by atoms with Gasteiger partial charge in [0, 0.05) is 35.9 Å². The average molecular weight is 585 g/mol. The van der Waals surface area contributed by atoms with Crippen LogP contribution in [0.3, 0.4) is 0 Å². The third kappa shape index (κ3) is 6.40. The van der Waals surface area contributed by atoms with Crippen LogP contribution in [0.4, 0.5) is 11.4 Å². The number of halogens is 1. The average Bonchev–Trinajstić information content (AvgIpc) is 2.98. The van der Waals surface area contributed by atoms with Gasteiger partial charge in [-0.25, -0.2) is 5.84 Å². The predicted molar refractivity (Wildman–Crippen MR) is 164 cm³/mol. The van der Waals surface area contributed by atoms with Gasteiger partial charge in [0.15, 0.2) is 0 Å². The topological polar surface area (TPSA) is 158 Å². The zero-order valence-corrected chi connectivity index (χ0v) is 23.9. The van der Waals surface area contributed by atoms with Crippen LogP contribution in [0.1, 0.15) is 42.1 Å². The van der Waals surface area contributed by atoms with Crippen LogP contribution in [0.5, 0.6) is 0 Å². The summed E-state index contributed by atoms with van der Waals surface area (Å²) >= 11 is 6.77. The first-order valence-electron chi connectivity index (χ1n) is 13.6. The van der Waals surface area contributed by atoms with Gasteiger partial charge in [-0.3, -0.25) is 9.97 Å². The number of nitrogens with two attached hydrogens (primary N) is 2. The largest absolute Gasteiger partial charge is 0.399 e.